The summed E-state index contributed by atoms with van der Waals surface area (Å²) < 4.78 is 53.2. The lowest BCUT2D eigenvalue weighted by atomic mass is 10.00. The molecular weight excluding hydrogens is 588 g/mol. The Labute approximate surface area is 253 Å². The van der Waals surface area contributed by atoms with Crippen molar-refractivity contribution < 1.29 is 31.9 Å². The molecule has 3 atom stereocenters. The van der Waals surface area contributed by atoms with Crippen molar-refractivity contribution in [3.63, 3.8) is 0 Å². The normalized spacial score (nSPS) is 15.3. The van der Waals surface area contributed by atoms with Crippen molar-refractivity contribution >= 4 is 34.1 Å². The molecule has 0 saturated heterocycles. The van der Waals surface area contributed by atoms with Crippen LogP contribution < -0.4 is 16.0 Å². The third-order valence-electron chi connectivity index (χ3n) is 7.06. The fraction of sp³-hybridized carbons (Fsp3) is 0.533. The highest BCUT2D eigenvalue weighted by Crippen LogP contribution is 2.29. The first-order valence-electron chi connectivity index (χ1n) is 14.2. The molecule has 1 saturated carbocycles. The van der Waals surface area contributed by atoms with E-state index in [2.05, 4.69) is 16.0 Å². The van der Waals surface area contributed by atoms with Crippen molar-refractivity contribution in [2.24, 2.45) is 5.92 Å². The number of hydrogen-bond donors (Lipinski definition) is 4. The van der Waals surface area contributed by atoms with Crippen LogP contribution >= 0.6 is 12.4 Å². The van der Waals surface area contributed by atoms with Crippen LogP contribution in [0, 0.1) is 17.6 Å². The molecule has 1 fully saturated rings. The van der Waals surface area contributed by atoms with Crippen LogP contribution in [0.5, 0.6) is 0 Å². The van der Waals surface area contributed by atoms with E-state index in [1.807, 2.05) is 38.1 Å². The standard InChI is InChI=1S/C30H41F2N3O5S.ClH/c1-3-5-11-41(39,40)19-27(35-29(37)23-9-10-23)30(38)34-26(15-22-13-24(31)16-25(32)14-22)28(36)18-33-17-21-8-6-7-20(4-2)12-21;/h6-8,12-14,16,23,26-28,33,36H,3-5,9-11,15,17-19H2,1-2H3,(H,34,38)(H,35,37);1H/t26-,27+,28+;/m0./s1. The second-order valence-corrected chi connectivity index (χ2v) is 13.0. The van der Waals surface area contributed by atoms with Gasteiger partial charge < -0.3 is 21.1 Å². The Kier molecular flexibility index (Phi) is 14.3. The molecule has 0 aliphatic heterocycles. The number of carbonyl (C=O) groups excluding carboxylic acids is 2. The third-order valence-corrected chi connectivity index (χ3v) is 8.81. The Morgan fingerprint density at radius 1 is 1.00 bits per heavy atom. The molecule has 8 nitrogen and oxygen atoms in total. The molecule has 2 aromatic carbocycles. The summed E-state index contributed by atoms with van der Waals surface area (Å²) in [7, 11) is -3.67. The number of aliphatic hydroxyl groups is 1. The molecule has 0 radical (unpaired) electrons. The van der Waals surface area contributed by atoms with Crippen molar-refractivity contribution in [1.82, 2.24) is 16.0 Å². The van der Waals surface area contributed by atoms with Gasteiger partial charge in [-0.15, -0.1) is 12.4 Å². The molecule has 1 aliphatic rings. The summed E-state index contributed by atoms with van der Waals surface area (Å²) in [5, 5.41) is 19.5. The summed E-state index contributed by atoms with van der Waals surface area (Å²) in [4.78, 5) is 25.9. The Hall–Kier alpha value is -2.60. The Morgan fingerprint density at radius 2 is 1.67 bits per heavy atom. The van der Waals surface area contributed by atoms with Crippen LogP contribution in [-0.2, 0) is 38.8 Å². The minimum atomic E-state index is -3.67. The third kappa shape index (κ3) is 11.9. The lowest BCUT2D eigenvalue weighted by Crippen LogP contribution is -2.56. The first kappa shape index (κ1) is 35.6. The van der Waals surface area contributed by atoms with Gasteiger partial charge in [0.1, 0.15) is 17.7 Å². The summed E-state index contributed by atoms with van der Waals surface area (Å²) >= 11 is 0. The fourth-order valence-corrected chi connectivity index (χ4v) is 6.17. The molecular formula is C30H42ClF2N3O5S. The number of halogens is 3. The van der Waals surface area contributed by atoms with E-state index >= 15 is 0 Å². The zero-order valence-corrected chi connectivity index (χ0v) is 25.7. The van der Waals surface area contributed by atoms with E-state index in [9.17, 15) is 31.9 Å². The number of aliphatic hydroxyl groups excluding tert-OH is 1. The molecule has 4 N–H and O–H groups in total. The Bertz CT molecular complexity index is 1270. The Balaban J connectivity index is 0.00000616. The zero-order valence-electron chi connectivity index (χ0n) is 24.1. The van der Waals surface area contributed by atoms with Gasteiger partial charge in [-0.3, -0.25) is 9.59 Å². The molecule has 2 amide bonds. The topological polar surface area (TPSA) is 125 Å². The number of sulfone groups is 1. The number of hydrogen-bond acceptors (Lipinski definition) is 6. The van der Waals surface area contributed by atoms with Crippen LogP contribution in [0.25, 0.3) is 0 Å². The van der Waals surface area contributed by atoms with Gasteiger partial charge in [0, 0.05) is 25.1 Å². The van der Waals surface area contributed by atoms with E-state index < -0.39 is 57.2 Å². The highest BCUT2D eigenvalue weighted by atomic mass is 35.5. The Morgan fingerprint density at radius 3 is 2.29 bits per heavy atom. The van der Waals surface area contributed by atoms with Crippen LogP contribution in [-0.4, -0.2) is 61.6 Å². The summed E-state index contributed by atoms with van der Waals surface area (Å²) in [6, 6.07) is 8.50. The molecule has 234 valence electrons. The van der Waals surface area contributed by atoms with Gasteiger partial charge in [0.25, 0.3) is 0 Å². The van der Waals surface area contributed by atoms with Crippen LogP contribution in [0.3, 0.4) is 0 Å². The lowest BCUT2D eigenvalue weighted by Gasteiger charge is -2.27. The molecule has 0 heterocycles. The van der Waals surface area contributed by atoms with Gasteiger partial charge in [-0.1, -0.05) is 44.5 Å². The smallest absolute Gasteiger partial charge is 0.243 e. The van der Waals surface area contributed by atoms with Gasteiger partial charge in [-0.05, 0) is 60.9 Å². The second kappa shape index (κ2) is 16.9. The van der Waals surface area contributed by atoms with Gasteiger partial charge in [-0.2, -0.15) is 0 Å². The summed E-state index contributed by atoms with van der Waals surface area (Å²) in [6.45, 7) is 4.38. The minimum absolute atomic E-state index is 0. The quantitative estimate of drug-likeness (QED) is 0.213. The van der Waals surface area contributed by atoms with Crippen molar-refractivity contribution in [2.45, 2.75) is 77.1 Å². The van der Waals surface area contributed by atoms with Crippen LogP contribution in [0.4, 0.5) is 8.78 Å². The molecule has 42 heavy (non-hydrogen) atoms. The minimum Gasteiger partial charge on any atom is -0.390 e. The number of rotatable bonds is 17. The number of nitrogens with one attached hydrogen (secondary N) is 3. The van der Waals surface area contributed by atoms with Gasteiger partial charge in [0.15, 0.2) is 9.84 Å². The second-order valence-electron chi connectivity index (χ2n) is 10.8. The predicted octanol–water partition coefficient (Wildman–Crippen LogP) is 3.24. The molecule has 2 aromatic rings. The maximum atomic E-state index is 13.9. The predicted molar refractivity (Wildman–Crippen MR) is 161 cm³/mol. The van der Waals surface area contributed by atoms with E-state index in [-0.39, 0.29) is 42.6 Å². The summed E-state index contributed by atoms with van der Waals surface area (Å²) in [6.07, 6.45) is 1.97. The number of carbonyl (C=O) groups is 2. The number of unbranched alkanes of at least 4 members (excludes halogenated alkanes) is 1. The number of aryl methyl sites for hydroxylation is 1. The van der Waals surface area contributed by atoms with E-state index in [4.69, 9.17) is 0 Å². The summed E-state index contributed by atoms with van der Waals surface area (Å²) in [5.74, 6) is -3.73. The maximum Gasteiger partial charge on any atom is 0.243 e. The van der Waals surface area contributed by atoms with Gasteiger partial charge in [0.05, 0.1) is 23.7 Å². The maximum absolute atomic E-state index is 13.9. The molecule has 3 rings (SSSR count). The largest absolute Gasteiger partial charge is 0.390 e. The zero-order chi connectivity index (χ0) is 30.0. The SMILES string of the molecule is CCCCS(=O)(=O)C[C@@H](NC(=O)C1CC1)C(=O)N[C@@H](Cc1cc(F)cc(F)c1)[C@H](O)CNCc1cccc(CC)c1.Cl. The van der Waals surface area contributed by atoms with E-state index in [0.29, 0.717) is 32.2 Å². The van der Waals surface area contributed by atoms with Crippen molar-refractivity contribution in [2.75, 3.05) is 18.1 Å². The van der Waals surface area contributed by atoms with Crippen LogP contribution in [0.15, 0.2) is 42.5 Å². The highest BCUT2D eigenvalue weighted by Gasteiger charge is 2.35. The first-order chi connectivity index (χ1) is 19.5. The van der Waals surface area contributed by atoms with Crippen LogP contribution in [0.2, 0.25) is 0 Å². The average molecular weight is 630 g/mol. The number of amides is 2. The molecule has 0 spiro atoms. The van der Waals surface area contributed by atoms with E-state index in [0.717, 1.165) is 35.7 Å². The monoisotopic (exact) mass is 629 g/mol. The fourth-order valence-electron chi connectivity index (χ4n) is 4.54. The summed E-state index contributed by atoms with van der Waals surface area (Å²) in [5.41, 5.74) is 2.37. The molecule has 0 aromatic heterocycles. The van der Waals surface area contributed by atoms with Gasteiger partial charge in [-0.25, -0.2) is 17.2 Å². The van der Waals surface area contributed by atoms with Crippen molar-refractivity contribution in [3.05, 3.63) is 70.8 Å². The van der Waals surface area contributed by atoms with E-state index in [1.54, 1.807) is 0 Å². The first-order valence-corrected chi connectivity index (χ1v) is 16.0. The average Bonchev–Trinajstić information content (AvgIpc) is 3.76. The van der Waals surface area contributed by atoms with Gasteiger partial charge >= 0.3 is 0 Å². The molecule has 0 bridgehead atoms. The van der Waals surface area contributed by atoms with Gasteiger partial charge in [0.2, 0.25) is 11.8 Å². The van der Waals surface area contributed by atoms with E-state index in [1.165, 1.54) is 0 Å². The number of benzene rings is 2. The lowest BCUT2D eigenvalue weighted by molar-refractivity contribution is -0.129. The van der Waals surface area contributed by atoms with Crippen molar-refractivity contribution in [1.29, 1.82) is 0 Å². The molecule has 1 aliphatic carbocycles. The highest BCUT2D eigenvalue weighted by molar-refractivity contribution is 7.91. The van der Waals surface area contributed by atoms with Crippen LogP contribution in [0.1, 0.15) is 56.2 Å². The molecule has 12 heteroatoms. The van der Waals surface area contributed by atoms with Crippen molar-refractivity contribution in [3.8, 4) is 0 Å². The molecule has 0 unspecified atom stereocenters.